The summed E-state index contributed by atoms with van der Waals surface area (Å²) in [4.78, 5) is 10.5. The first-order valence-electron chi connectivity index (χ1n) is 5.04. The molecule has 1 heterocycles. The van der Waals surface area contributed by atoms with Crippen LogP contribution in [0.15, 0.2) is 6.20 Å². The van der Waals surface area contributed by atoms with E-state index >= 15 is 0 Å². The topological polar surface area (TPSA) is 94.0 Å². The van der Waals surface area contributed by atoms with Gasteiger partial charge in [-0.05, 0) is 18.2 Å². The Morgan fingerprint density at radius 2 is 2.50 bits per heavy atom. The van der Waals surface area contributed by atoms with Crippen molar-refractivity contribution in [2.24, 2.45) is 11.7 Å². The molecule has 16 heavy (non-hydrogen) atoms. The average molecular weight is 244 g/mol. The van der Waals surface area contributed by atoms with E-state index in [-0.39, 0.29) is 5.69 Å². The number of carboxylic acids is 1. The molecule has 0 aliphatic carbocycles. The number of hydrogen-bond donors (Lipinski definition) is 2. The minimum absolute atomic E-state index is 0.0136. The van der Waals surface area contributed by atoms with Crippen molar-refractivity contribution in [3.05, 3.63) is 11.9 Å². The molecular weight excluding hydrogens is 228 g/mol. The molecule has 1 atom stereocenters. The van der Waals surface area contributed by atoms with E-state index in [9.17, 15) is 4.79 Å². The van der Waals surface area contributed by atoms with Crippen LogP contribution in [0.1, 0.15) is 17.4 Å². The second kappa shape index (κ2) is 6.49. The van der Waals surface area contributed by atoms with Crippen molar-refractivity contribution in [3.63, 3.8) is 0 Å². The molecule has 0 aliphatic rings. The van der Waals surface area contributed by atoms with Gasteiger partial charge in [0.15, 0.2) is 5.69 Å². The van der Waals surface area contributed by atoms with E-state index in [4.69, 9.17) is 10.8 Å². The highest BCUT2D eigenvalue weighted by Gasteiger charge is 2.07. The van der Waals surface area contributed by atoms with Crippen LogP contribution < -0.4 is 5.73 Å². The van der Waals surface area contributed by atoms with Gasteiger partial charge in [-0.25, -0.2) is 4.79 Å². The first-order valence-corrected chi connectivity index (χ1v) is 6.20. The number of aromatic carboxylic acids is 1. The fraction of sp³-hybridized carbons (Fsp3) is 0.667. The van der Waals surface area contributed by atoms with Gasteiger partial charge >= 0.3 is 5.97 Å². The highest BCUT2D eigenvalue weighted by molar-refractivity contribution is 7.99. The predicted octanol–water partition coefficient (Wildman–Crippen LogP) is 0.304. The Balaban J connectivity index is 2.24. The van der Waals surface area contributed by atoms with Gasteiger partial charge in [0.2, 0.25) is 0 Å². The maximum Gasteiger partial charge on any atom is 0.358 e. The van der Waals surface area contributed by atoms with Crippen LogP contribution in [0.3, 0.4) is 0 Å². The van der Waals surface area contributed by atoms with Crippen LogP contribution in [0, 0.1) is 5.92 Å². The zero-order chi connectivity index (χ0) is 12.0. The number of aromatic nitrogens is 3. The van der Waals surface area contributed by atoms with Gasteiger partial charge in [-0.2, -0.15) is 11.8 Å². The molecule has 0 aromatic carbocycles. The smallest absolute Gasteiger partial charge is 0.358 e. The fourth-order valence-corrected chi connectivity index (χ4v) is 2.04. The van der Waals surface area contributed by atoms with E-state index in [1.807, 2.05) is 0 Å². The Kier molecular flexibility index (Phi) is 5.27. The molecule has 3 N–H and O–H groups in total. The van der Waals surface area contributed by atoms with Gasteiger partial charge in [0.1, 0.15) is 0 Å². The van der Waals surface area contributed by atoms with Crippen LogP contribution in [0.25, 0.3) is 0 Å². The van der Waals surface area contributed by atoms with Crippen LogP contribution >= 0.6 is 11.8 Å². The summed E-state index contributed by atoms with van der Waals surface area (Å²) in [6, 6.07) is 0. The first kappa shape index (κ1) is 13.0. The second-order valence-electron chi connectivity index (χ2n) is 3.59. The third kappa shape index (κ3) is 4.19. The molecule has 7 heteroatoms. The van der Waals surface area contributed by atoms with Crippen molar-refractivity contribution in [2.45, 2.75) is 13.5 Å². The fourth-order valence-electron chi connectivity index (χ4n) is 1.02. The van der Waals surface area contributed by atoms with Crippen molar-refractivity contribution in [2.75, 3.05) is 18.1 Å². The predicted molar refractivity (Wildman–Crippen MR) is 62.5 cm³/mol. The molecule has 0 amide bonds. The molecule has 1 aromatic rings. The Bertz CT molecular complexity index is 342. The summed E-state index contributed by atoms with van der Waals surface area (Å²) in [5.41, 5.74) is 5.48. The summed E-state index contributed by atoms with van der Waals surface area (Å²) in [5, 5.41) is 15.9. The van der Waals surface area contributed by atoms with Gasteiger partial charge in [-0.3, -0.25) is 4.68 Å². The van der Waals surface area contributed by atoms with Gasteiger partial charge in [-0.15, -0.1) is 5.10 Å². The van der Waals surface area contributed by atoms with Crippen LogP contribution in [0.2, 0.25) is 0 Å². The maximum atomic E-state index is 10.5. The number of nitrogens with two attached hydrogens (primary N) is 1. The van der Waals surface area contributed by atoms with Crippen molar-refractivity contribution in [3.8, 4) is 0 Å². The van der Waals surface area contributed by atoms with Crippen molar-refractivity contribution >= 4 is 17.7 Å². The normalized spacial score (nSPS) is 12.6. The van der Waals surface area contributed by atoms with Crippen LogP contribution in [0.4, 0.5) is 0 Å². The Labute approximate surface area is 98.2 Å². The maximum absolute atomic E-state index is 10.5. The van der Waals surface area contributed by atoms with Gasteiger partial charge in [-0.1, -0.05) is 12.1 Å². The molecule has 0 fully saturated rings. The van der Waals surface area contributed by atoms with E-state index in [2.05, 4.69) is 17.2 Å². The number of thioether (sulfide) groups is 1. The molecule has 0 spiro atoms. The lowest BCUT2D eigenvalue weighted by molar-refractivity contribution is 0.0690. The number of hydrogen-bond acceptors (Lipinski definition) is 5. The number of carbonyl (C=O) groups is 1. The third-order valence-corrected chi connectivity index (χ3v) is 3.30. The van der Waals surface area contributed by atoms with Crippen molar-refractivity contribution in [1.82, 2.24) is 15.0 Å². The molecule has 0 radical (unpaired) electrons. The van der Waals surface area contributed by atoms with E-state index in [1.54, 1.807) is 16.4 Å². The number of aryl methyl sites for hydroxylation is 1. The third-order valence-electron chi connectivity index (χ3n) is 2.03. The number of rotatable bonds is 7. The largest absolute Gasteiger partial charge is 0.476 e. The van der Waals surface area contributed by atoms with Crippen molar-refractivity contribution < 1.29 is 9.90 Å². The SMILES string of the molecule is CC(CN)CSCCn1cc(C(=O)O)nn1. The molecule has 0 saturated carbocycles. The standard InChI is InChI=1S/C9H16N4O2S/c1-7(4-10)6-16-3-2-13-5-8(9(14)15)11-12-13/h5,7H,2-4,6,10H2,1H3,(H,14,15). The Morgan fingerprint density at radius 1 is 1.75 bits per heavy atom. The molecule has 1 rings (SSSR count). The van der Waals surface area contributed by atoms with Crippen LogP contribution in [-0.4, -0.2) is 44.1 Å². The summed E-state index contributed by atoms with van der Waals surface area (Å²) in [6.45, 7) is 3.47. The van der Waals surface area contributed by atoms with Gasteiger partial charge < -0.3 is 10.8 Å². The lowest BCUT2D eigenvalue weighted by Gasteiger charge is -2.06. The Hall–Kier alpha value is -1.08. The van der Waals surface area contributed by atoms with Gasteiger partial charge in [0.25, 0.3) is 0 Å². The summed E-state index contributed by atoms with van der Waals surface area (Å²) in [5.74, 6) is 1.36. The minimum atomic E-state index is -1.05. The molecule has 6 nitrogen and oxygen atoms in total. The molecule has 1 aromatic heterocycles. The summed E-state index contributed by atoms with van der Waals surface area (Å²) >= 11 is 1.78. The zero-order valence-electron chi connectivity index (χ0n) is 9.17. The molecule has 0 aliphatic heterocycles. The molecule has 0 bridgehead atoms. The van der Waals surface area contributed by atoms with E-state index in [0.29, 0.717) is 19.0 Å². The summed E-state index contributed by atoms with van der Waals surface area (Å²) < 4.78 is 1.55. The van der Waals surface area contributed by atoms with Gasteiger partial charge in [0.05, 0.1) is 12.7 Å². The highest BCUT2D eigenvalue weighted by Crippen LogP contribution is 2.07. The van der Waals surface area contributed by atoms with E-state index < -0.39 is 5.97 Å². The van der Waals surface area contributed by atoms with Crippen LogP contribution in [-0.2, 0) is 6.54 Å². The Morgan fingerprint density at radius 3 is 3.06 bits per heavy atom. The lowest BCUT2D eigenvalue weighted by atomic mass is 10.2. The number of carboxylic acid groups (broad SMARTS) is 1. The number of nitrogens with zero attached hydrogens (tertiary/aromatic N) is 3. The minimum Gasteiger partial charge on any atom is -0.476 e. The van der Waals surface area contributed by atoms with E-state index in [0.717, 1.165) is 11.5 Å². The molecular formula is C9H16N4O2S. The van der Waals surface area contributed by atoms with E-state index in [1.165, 1.54) is 6.20 Å². The summed E-state index contributed by atoms with van der Waals surface area (Å²) in [7, 11) is 0. The zero-order valence-corrected chi connectivity index (χ0v) is 9.98. The molecule has 1 unspecified atom stereocenters. The second-order valence-corrected chi connectivity index (χ2v) is 4.74. The quantitative estimate of drug-likeness (QED) is 0.670. The summed E-state index contributed by atoms with van der Waals surface area (Å²) in [6.07, 6.45) is 1.44. The molecule has 0 saturated heterocycles. The van der Waals surface area contributed by atoms with Gasteiger partial charge in [0, 0.05) is 5.75 Å². The lowest BCUT2D eigenvalue weighted by Crippen LogP contribution is -2.13. The van der Waals surface area contributed by atoms with Crippen LogP contribution in [0.5, 0.6) is 0 Å². The average Bonchev–Trinajstić information content (AvgIpc) is 2.72. The monoisotopic (exact) mass is 244 g/mol. The van der Waals surface area contributed by atoms with Crippen molar-refractivity contribution in [1.29, 1.82) is 0 Å². The molecule has 90 valence electrons. The first-order chi connectivity index (χ1) is 7.63. The highest BCUT2D eigenvalue weighted by atomic mass is 32.2.